The van der Waals surface area contributed by atoms with Crippen molar-refractivity contribution in [2.24, 2.45) is 0 Å². The second kappa shape index (κ2) is 6.76. The van der Waals surface area contributed by atoms with Crippen molar-refractivity contribution < 1.29 is 22.7 Å². The molecule has 2 aromatic rings. The zero-order valence-electron chi connectivity index (χ0n) is 14.1. The van der Waals surface area contributed by atoms with Crippen molar-refractivity contribution in [2.75, 3.05) is 20.1 Å². The molecule has 0 atom stereocenters. The van der Waals surface area contributed by atoms with Crippen LogP contribution in [0.1, 0.15) is 21.5 Å². The van der Waals surface area contributed by atoms with Crippen LogP contribution in [0.4, 0.5) is 0 Å². The van der Waals surface area contributed by atoms with Gasteiger partial charge in [0.05, 0.1) is 5.75 Å². The number of amides is 1. The van der Waals surface area contributed by atoms with Crippen LogP contribution < -0.4 is 9.47 Å². The van der Waals surface area contributed by atoms with Crippen molar-refractivity contribution in [1.82, 2.24) is 4.90 Å². The maximum atomic E-state index is 12.5. The monoisotopic (exact) mass is 361 g/mol. The molecule has 1 amide bonds. The van der Waals surface area contributed by atoms with Crippen LogP contribution in [-0.4, -0.2) is 39.3 Å². The summed E-state index contributed by atoms with van der Waals surface area (Å²) in [5.41, 5.74) is 2.12. The van der Waals surface area contributed by atoms with E-state index in [1.54, 1.807) is 36.2 Å². The van der Waals surface area contributed by atoms with Crippen molar-refractivity contribution in [3.8, 4) is 11.5 Å². The second-order valence-electron chi connectivity index (χ2n) is 6.12. The van der Waals surface area contributed by atoms with Crippen molar-refractivity contribution in [3.05, 3.63) is 59.2 Å². The molecule has 0 aromatic heterocycles. The molecule has 0 unspecified atom stereocenters. The van der Waals surface area contributed by atoms with E-state index < -0.39 is 9.84 Å². The van der Waals surface area contributed by atoms with Crippen LogP contribution in [0.5, 0.6) is 11.5 Å². The van der Waals surface area contributed by atoms with Gasteiger partial charge in [-0.2, -0.15) is 0 Å². The zero-order valence-corrected chi connectivity index (χ0v) is 14.9. The fraction of sp³-hybridized carbons (Fsp3) is 0.278. The molecule has 1 aliphatic heterocycles. The Morgan fingerprint density at radius 2 is 1.68 bits per heavy atom. The lowest BCUT2D eigenvalue weighted by atomic mass is 10.1. The van der Waals surface area contributed by atoms with Crippen molar-refractivity contribution in [1.29, 1.82) is 0 Å². The molecule has 2 aromatic carbocycles. The molecule has 0 radical (unpaired) electrons. The molecular formula is C18H19NO5S. The number of carbonyl (C=O) groups is 1. The van der Waals surface area contributed by atoms with Gasteiger partial charge in [0.1, 0.15) is 0 Å². The highest BCUT2D eigenvalue weighted by molar-refractivity contribution is 7.89. The second-order valence-corrected chi connectivity index (χ2v) is 8.26. The minimum Gasteiger partial charge on any atom is -0.454 e. The summed E-state index contributed by atoms with van der Waals surface area (Å²) >= 11 is 0. The summed E-state index contributed by atoms with van der Waals surface area (Å²) < 4.78 is 33.3. The Balaban J connectivity index is 1.67. The Labute approximate surface area is 146 Å². The smallest absolute Gasteiger partial charge is 0.253 e. The van der Waals surface area contributed by atoms with Crippen LogP contribution in [0.3, 0.4) is 0 Å². The summed E-state index contributed by atoms with van der Waals surface area (Å²) in [7, 11) is -1.37. The largest absolute Gasteiger partial charge is 0.454 e. The topological polar surface area (TPSA) is 72.9 Å². The molecule has 25 heavy (non-hydrogen) atoms. The molecule has 1 aliphatic rings. The van der Waals surface area contributed by atoms with Crippen molar-refractivity contribution in [2.45, 2.75) is 12.3 Å². The molecule has 0 aliphatic carbocycles. The molecule has 0 bridgehead atoms. The summed E-state index contributed by atoms with van der Waals surface area (Å²) in [5, 5.41) is 0. The summed E-state index contributed by atoms with van der Waals surface area (Å²) in [6.07, 6.45) is 1.19. The standard InChI is InChI=1S/C18H19NO5S/c1-19(10-14-5-8-16-17(9-14)24-12-23-16)18(20)15-6-3-13(4-7-15)11-25(2,21)22/h3-9H,10-12H2,1-2H3. The number of sulfone groups is 1. The Kier molecular flexibility index (Phi) is 4.67. The Bertz CT molecular complexity index is 890. The molecule has 0 saturated carbocycles. The lowest BCUT2D eigenvalue weighted by Crippen LogP contribution is -2.26. The predicted octanol–water partition coefficient (Wildman–Crippen LogP) is 2.23. The van der Waals surface area contributed by atoms with E-state index in [0.29, 0.717) is 29.2 Å². The van der Waals surface area contributed by atoms with Gasteiger partial charge in [0, 0.05) is 25.4 Å². The van der Waals surface area contributed by atoms with Gasteiger partial charge in [0.15, 0.2) is 21.3 Å². The van der Waals surface area contributed by atoms with Crippen LogP contribution in [0.25, 0.3) is 0 Å². The first-order valence-corrected chi connectivity index (χ1v) is 9.78. The van der Waals surface area contributed by atoms with Gasteiger partial charge in [0.2, 0.25) is 6.79 Å². The summed E-state index contributed by atoms with van der Waals surface area (Å²) in [6.45, 7) is 0.647. The first-order valence-electron chi connectivity index (χ1n) is 7.72. The molecule has 7 heteroatoms. The van der Waals surface area contributed by atoms with Gasteiger partial charge in [-0.1, -0.05) is 18.2 Å². The molecule has 0 fully saturated rings. The van der Waals surface area contributed by atoms with Gasteiger partial charge < -0.3 is 14.4 Å². The minimum atomic E-state index is -3.09. The Hall–Kier alpha value is -2.54. The van der Waals surface area contributed by atoms with E-state index in [1.165, 1.54) is 6.26 Å². The molecule has 1 heterocycles. The zero-order chi connectivity index (χ0) is 18.0. The number of hydrogen-bond donors (Lipinski definition) is 0. The van der Waals surface area contributed by atoms with E-state index >= 15 is 0 Å². The van der Waals surface area contributed by atoms with E-state index in [4.69, 9.17) is 9.47 Å². The lowest BCUT2D eigenvalue weighted by Gasteiger charge is -2.18. The molecule has 0 saturated heterocycles. The van der Waals surface area contributed by atoms with E-state index in [-0.39, 0.29) is 18.5 Å². The van der Waals surface area contributed by atoms with Crippen LogP contribution in [0.15, 0.2) is 42.5 Å². The van der Waals surface area contributed by atoms with Gasteiger partial charge in [-0.3, -0.25) is 4.79 Å². The van der Waals surface area contributed by atoms with Crippen LogP contribution >= 0.6 is 0 Å². The normalized spacial score (nSPS) is 12.9. The van der Waals surface area contributed by atoms with E-state index in [2.05, 4.69) is 0 Å². The van der Waals surface area contributed by atoms with E-state index in [9.17, 15) is 13.2 Å². The van der Waals surface area contributed by atoms with E-state index in [1.807, 2.05) is 18.2 Å². The predicted molar refractivity (Wildman–Crippen MR) is 93.4 cm³/mol. The van der Waals surface area contributed by atoms with Crippen molar-refractivity contribution >= 4 is 15.7 Å². The summed E-state index contributed by atoms with van der Waals surface area (Å²) in [5.74, 6) is 1.22. The van der Waals surface area contributed by atoms with Crippen LogP contribution in [0, 0.1) is 0 Å². The van der Waals surface area contributed by atoms with Gasteiger partial charge >= 0.3 is 0 Å². The third kappa shape index (κ3) is 4.30. The maximum Gasteiger partial charge on any atom is 0.253 e. The van der Waals surface area contributed by atoms with E-state index in [0.717, 1.165) is 5.56 Å². The fourth-order valence-corrected chi connectivity index (χ4v) is 3.45. The highest BCUT2D eigenvalue weighted by Crippen LogP contribution is 2.32. The first kappa shape index (κ1) is 17.3. The molecule has 0 N–H and O–H groups in total. The number of nitrogens with zero attached hydrogens (tertiary/aromatic N) is 1. The minimum absolute atomic E-state index is 0.0332. The highest BCUT2D eigenvalue weighted by atomic mass is 32.2. The summed E-state index contributed by atoms with van der Waals surface area (Å²) in [6, 6.07) is 12.2. The molecule has 0 spiro atoms. The van der Waals surface area contributed by atoms with Gasteiger partial charge in [-0.15, -0.1) is 0 Å². The Morgan fingerprint density at radius 1 is 1.04 bits per heavy atom. The number of benzene rings is 2. The number of carbonyl (C=O) groups excluding carboxylic acids is 1. The molecular weight excluding hydrogens is 342 g/mol. The van der Waals surface area contributed by atoms with Gasteiger partial charge in [-0.25, -0.2) is 8.42 Å². The number of fused-ring (bicyclic) bond motifs is 1. The van der Waals surface area contributed by atoms with Gasteiger partial charge in [-0.05, 0) is 35.4 Å². The van der Waals surface area contributed by atoms with Crippen LogP contribution in [-0.2, 0) is 22.1 Å². The first-order chi connectivity index (χ1) is 11.8. The number of hydrogen-bond acceptors (Lipinski definition) is 5. The fourth-order valence-electron chi connectivity index (χ4n) is 2.65. The SMILES string of the molecule is CN(Cc1ccc2c(c1)OCO2)C(=O)c1ccc(CS(C)(=O)=O)cc1. The number of rotatable bonds is 5. The number of ether oxygens (including phenoxy) is 2. The average molecular weight is 361 g/mol. The Morgan fingerprint density at radius 3 is 2.36 bits per heavy atom. The third-order valence-corrected chi connectivity index (χ3v) is 4.69. The van der Waals surface area contributed by atoms with Crippen molar-refractivity contribution in [3.63, 3.8) is 0 Å². The van der Waals surface area contributed by atoms with Crippen LogP contribution in [0.2, 0.25) is 0 Å². The maximum absolute atomic E-state index is 12.5. The quantitative estimate of drug-likeness (QED) is 0.817. The summed E-state index contributed by atoms with van der Waals surface area (Å²) in [4.78, 5) is 14.1. The molecule has 132 valence electrons. The highest BCUT2D eigenvalue weighted by Gasteiger charge is 2.16. The molecule has 3 rings (SSSR count). The average Bonchev–Trinajstić information content (AvgIpc) is 3.01. The third-order valence-electron chi connectivity index (χ3n) is 3.83. The molecule has 6 nitrogen and oxygen atoms in total. The lowest BCUT2D eigenvalue weighted by molar-refractivity contribution is 0.0785. The van der Waals surface area contributed by atoms with Gasteiger partial charge in [0.25, 0.3) is 5.91 Å².